The molecule has 0 aliphatic carbocycles. The molecule has 4 aromatic rings. The molecule has 4 rings (SSSR count). The highest BCUT2D eigenvalue weighted by Gasteiger charge is 2.20. The van der Waals surface area contributed by atoms with Crippen molar-refractivity contribution in [3.63, 3.8) is 0 Å². The van der Waals surface area contributed by atoms with Crippen LogP contribution in [0.25, 0.3) is 16.3 Å². The third-order valence-electron chi connectivity index (χ3n) is 4.75. The van der Waals surface area contributed by atoms with Crippen molar-refractivity contribution in [2.75, 3.05) is 19.5 Å². The van der Waals surface area contributed by atoms with E-state index in [0.717, 1.165) is 4.88 Å². The second-order valence-electron chi connectivity index (χ2n) is 6.88. The minimum Gasteiger partial charge on any atom is -0.465 e. The largest absolute Gasteiger partial charge is 0.465 e. The summed E-state index contributed by atoms with van der Waals surface area (Å²) in [6.45, 7) is 0. The molecular weight excluding hydrogens is 442 g/mol. The van der Waals surface area contributed by atoms with Gasteiger partial charge in [-0.25, -0.2) is 14.3 Å². The van der Waals surface area contributed by atoms with Crippen molar-refractivity contribution >= 4 is 34.9 Å². The van der Waals surface area contributed by atoms with Gasteiger partial charge < -0.3 is 14.8 Å². The molecule has 1 N–H and O–H groups in total. The van der Waals surface area contributed by atoms with E-state index in [1.807, 2.05) is 47.8 Å². The molecular formula is C24H19N3O5S. The number of thiophene rings is 1. The molecule has 0 spiro atoms. The summed E-state index contributed by atoms with van der Waals surface area (Å²) in [6, 6.07) is 19.0. The smallest absolute Gasteiger partial charge is 0.337 e. The van der Waals surface area contributed by atoms with Gasteiger partial charge in [-0.2, -0.15) is 5.10 Å². The lowest BCUT2D eigenvalue weighted by atomic mass is 10.1. The van der Waals surface area contributed by atoms with E-state index < -0.39 is 17.8 Å². The summed E-state index contributed by atoms with van der Waals surface area (Å²) in [7, 11) is 2.46. The standard InChI is InChI=1S/C24H19N3O5S/c1-31-23(29)15-11-16(24(30)32-2)13-17(12-15)25-22(28)20-14-19(21-9-6-10-33-21)26-27(20)18-7-4-3-5-8-18/h3-14H,1-2H3,(H,25,28). The first-order valence-corrected chi connectivity index (χ1v) is 10.7. The number of anilines is 1. The number of hydrogen-bond acceptors (Lipinski definition) is 7. The van der Waals surface area contributed by atoms with Gasteiger partial charge in [0.1, 0.15) is 11.4 Å². The maximum Gasteiger partial charge on any atom is 0.337 e. The molecule has 8 nitrogen and oxygen atoms in total. The molecule has 33 heavy (non-hydrogen) atoms. The SMILES string of the molecule is COC(=O)c1cc(NC(=O)c2cc(-c3cccs3)nn2-c2ccccc2)cc(C(=O)OC)c1. The summed E-state index contributed by atoms with van der Waals surface area (Å²) in [5.41, 5.74) is 2.09. The van der Waals surface area contributed by atoms with Crippen molar-refractivity contribution < 1.29 is 23.9 Å². The maximum atomic E-state index is 13.3. The number of benzene rings is 2. The molecule has 0 aliphatic rings. The highest BCUT2D eigenvalue weighted by atomic mass is 32.1. The number of carbonyl (C=O) groups is 3. The molecule has 9 heteroatoms. The Balaban J connectivity index is 1.74. The van der Waals surface area contributed by atoms with Crippen LogP contribution in [0.3, 0.4) is 0 Å². The molecule has 0 saturated carbocycles. The molecule has 166 valence electrons. The van der Waals surface area contributed by atoms with Crippen LogP contribution in [0.5, 0.6) is 0 Å². The van der Waals surface area contributed by atoms with Crippen molar-refractivity contribution in [3.8, 4) is 16.3 Å². The topological polar surface area (TPSA) is 99.5 Å². The average molecular weight is 461 g/mol. The van der Waals surface area contributed by atoms with Crippen LogP contribution in [0.1, 0.15) is 31.2 Å². The van der Waals surface area contributed by atoms with E-state index in [-0.39, 0.29) is 22.5 Å². The van der Waals surface area contributed by atoms with Crippen LogP contribution in [-0.2, 0) is 9.47 Å². The molecule has 0 saturated heterocycles. The van der Waals surface area contributed by atoms with Gasteiger partial charge in [-0.15, -0.1) is 11.3 Å². The number of esters is 2. The van der Waals surface area contributed by atoms with Crippen molar-refractivity contribution in [2.24, 2.45) is 0 Å². The van der Waals surface area contributed by atoms with Crippen LogP contribution >= 0.6 is 11.3 Å². The Labute approximate surface area is 193 Å². The average Bonchev–Trinajstić information content (AvgIpc) is 3.53. The lowest BCUT2D eigenvalue weighted by Crippen LogP contribution is -2.18. The first-order chi connectivity index (χ1) is 16.0. The Hall–Kier alpha value is -4.24. The predicted octanol–water partition coefficient (Wildman–Crippen LogP) is 4.43. The minimum atomic E-state index is -0.648. The zero-order chi connectivity index (χ0) is 23.4. The minimum absolute atomic E-state index is 0.103. The summed E-state index contributed by atoms with van der Waals surface area (Å²) in [5, 5.41) is 9.31. The van der Waals surface area contributed by atoms with Gasteiger partial charge in [-0.1, -0.05) is 24.3 Å². The number of nitrogens with one attached hydrogen (secondary N) is 1. The summed E-state index contributed by atoms with van der Waals surface area (Å²) in [5.74, 6) is -1.76. The number of rotatable bonds is 6. The molecule has 0 fully saturated rings. The highest BCUT2D eigenvalue weighted by Crippen LogP contribution is 2.26. The van der Waals surface area contributed by atoms with E-state index in [1.54, 1.807) is 10.7 Å². The van der Waals surface area contributed by atoms with Gasteiger partial charge in [0.05, 0.1) is 35.9 Å². The number of aromatic nitrogens is 2. The molecule has 1 amide bonds. The third kappa shape index (κ3) is 4.68. The van der Waals surface area contributed by atoms with Crippen molar-refractivity contribution in [3.05, 3.63) is 88.9 Å². The summed E-state index contributed by atoms with van der Waals surface area (Å²) in [6.07, 6.45) is 0. The maximum absolute atomic E-state index is 13.3. The number of carbonyl (C=O) groups excluding carboxylic acids is 3. The van der Waals surface area contributed by atoms with E-state index >= 15 is 0 Å². The third-order valence-corrected chi connectivity index (χ3v) is 5.64. The van der Waals surface area contributed by atoms with Crippen LogP contribution in [0.2, 0.25) is 0 Å². The molecule has 0 bridgehead atoms. The van der Waals surface area contributed by atoms with E-state index in [4.69, 9.17) is 9.47 Å². The van der Waals surface area contributed by atoms with Crippen LogP contribution in [0, 0.1) is 0 Å². The van der Waals surface area contributed by atoms with Gasteiger partial charge in [0.25, 0.3) is 5.91 Å². The van der Waals surface area contributed by atoms with Crippen molar-refractivity contribution in [1.82, 2.24) is 9.78 Å². The second-order valence-corrected chi connectivity index (χ2v) is 7.82. The Morgan fingerprint density at radius 1 is 0.879 bits per heavy atom. The lowest BCUT2D eigenvalue weighted by Gasteiger charge is -2.11. The number of methoxy groups -OCH3 is 2. The second kappa shape index (κ2) is 9.49. The predicted molar refractivity (Wildman–Crippen MR) is 124 cm³/mol. The van der Waals surface area contributed by atoms with Crippen LogP contribution < -0.4 is 5.32 Å². The van der Waals surface area contributed by atoms with Crippen LogP contribution in [0.15, 0.2) is 72.1 Å². The van der Waals surface area contributed by atoms with Gasteiger partial charge in [0.15, 0.2) is 0 Å². The van der Waals surface area contributed by atoms with Crippen molar-refractivity contribution in [1.29, 1.82) is 0 Å². The van der Waals surface area contributed by atoms with E-state index in [2.05, 4.69) is 10.4 Å². The van der Waals surface area contributed by atoms with Gasteiger partial charge in [0, 0.05) is 5.69 Å². The van der Waals surface area contributed by atoms with Crippen LogP contribution in [0.4, 0.5) is 5.69 Å². The Bertz CT molecular complexity index is 1280. The summed E-state index contributed by atoms with van der Waals surface area (Å²) < 4.78 is 11.1. The molecule has 0 aliphatic heterocycles. The number of hydrogen-bond donors (Lipinski definition) is 1. The van der Waals surface area contributed by atoms with Crippen LogP contribution in [-0.4, -0.2) is 41.8 Å². The molecule has 2 aromatic carbocycles. The molecule has 2 aromatic heterocycles. The first kappa shape index (κ1) is 22.0. The molecule has 0 unspecified atom stereocenters. The van der Waals surface area contributed by atoms with Gasteiger partial charge in [-0.3, -0.25) is 4.79 Å². The fraction of sp³-hybridized carbons (Fsp3) is 0.0833. The Morgan fingerprint density at radius 2 is 1.55 bits per heavy atom. The number of para-hydroxylation sites is 1. The van der Waals surface area contributed by atoms with Crippen molar-refractivity contribution in [2.45, 2.75) is 0 Å². The Kier molecular flexibility index (Phi) is 6.32. The zero-order valence-corrected chi connectivity index (χ0v) is 18.6. The first-order valence-electron chi connectivity index (χ1n) is 9.82. The van der Waals surface area contributed by atoms with E-state index in [1.165, 1.54) is 43.8 Å². The molecule has 0 radical (unpaired) electrons. The number of amides is 1. The fourth-order valence-corrected chi connectivity index (χ4v) is 3.90. The van der Waals surface area contributed by atoms with Gasteiger partial charge in [0.2, 0.25) is 0 Å². The number of ether oxygens (including phenoxy) is 2. The Morgan fingerprint density at radius 3 is 2.12 bits per heavy atom. The lowest BCUT2D eigenvalue weighted by molar-refractivity contribution is 0.0599. The van der Waals surface area contributed by atoms with Gasteiger partial charge in [-0.05, 0) is 47.8 Å². The molecule has 2 heterocycles. The molecule has 0 atom stereocenters. The fourth-order valence-electron chi connectivity index (χ4n) is 3.22. The summed E-state index contributed by atoms with van der Waals surface area (Å²) >= 11 is 1.51. The number of nitrogens with zero attached hydrogens (tertiary/aromatic N) is 2. The monoisotopic (exact) mass is 461 g/mol. The van der Waals surface area contributed by atoms with E-state index in [9.17, 15) is 14.4 Å². The van der Waals surface area contributed by atoms with Gasteiger partial charge >= 0.3 is 11.9 Å². The quantitative estimate of drug-likeness (QED) is 0.427. The zero-order valence-electron chi connectivity index (χ0n) is 17.8. The highest BCUT2D eigenvalue weighted by molar-refractivity contribution is 7.13. The summed E-state index contributed by atoms with van der Waals surface area (Å²) in [4.78, 5) is 38.3. The normalized spacial score (nSPS) is 10.5. The van der Waals surface area contributed by atoms with E-state index in [0.29, 0.717) is 11.4 Å².